The van der Waals surface area contributed by atoms with Crippen molar-refractivity contribution in [1.82, 2.24) is 10.2 Å². The van der Waals surface area contributed by atoms with Gasteiger partial charge in [0.25, 0.3) is 5.91 Å². The maximum absolute atomic E-state index is 12.5. The van der Waals surface area contributed by atoms with Gasteiger partial charge in [-0.1, -0.05) is 54.1 Å². The van der Waals surface area contributed by atoms with Crippen molar-refractivity contribution in [2.45, 2.75) is 12.3 Å². The molecule has 1 fully saturated rings. The Bertz CT molecular complexity index is 1100. The Morgan fingerprint density at radius 2 is 1.69 bits per heavy atom. The molecule has 1 aliphatic rings. The first-order valence-electron chi connectivity index (χ1n) is 11.9. The first kappa shape index (κ1) is 25.4. The third-order valence-electron chi connectivity index (χ3n) is 6.17. The number of amides is 1. The highest BCUT2D eigenvalue weighted by Crippen LogP contribution is 2.28. The Morgan fingerprint density at radius 3 is 2.43 bits per heavy atom. The number of nitrogens with zero attached hydrogens (tertiary/aromatic N) is 2. The van der Waals surface area contributed by atoms with Crippen molar-refractivity contribution in [3.63, 3.8) is 0 Å². The number of thioether (sulfide) groups is 1. The van der Waals surface area contributed by atoms with Crippen LogP contribution in [0.2, 0.25) is 5.02 Å². The zero-order valence-corrected chi connectivity index (χ0v) is 21.7. The highest BCUT2D eigenvalue weighted by atomic mass is 35.5. The van der Waals surface area contributed by atoms with E-state index in [2.05, 4.69) is 39.4 Å². The average Bonchev–Trinajstić information content (AvgIpc) is 2.90. The van der Waals surface area contributed by atoms with E-state index in [1.54, 1.807) is 18.9 Å². The van der Waals surface area contributed by atoms with E-state index in [4.69, 9.17) is 16.3 Å². The zero-order valence-electron chi connectivity index (χ0n) is 20.1. The second kappa shape index (κ2) is 12.9. The third kappa shape index (κ3) is 7.17. The lowest BCUT2D eigenvalue weighted by atomic mass is 10.1. The summed E-state index contributed by atoms with van der Waals surface area (Å²) in [5, 5.41) is 3.81. The van der Waals surface area contributed by atoms with Crippen LogP contribution in [0.25, 0.3) is 0 Å². The van der Waals surface area contributed by atoms with Gasteiger partial charge in [0, 0.05) is 61.4 Å². The number of benzene rings is 3. The summed E-state index contributed by atoms with van der Waals surface area (Å²) < 4.78 is 5.52. The van der Waals surface area contributed by atoms with Gasteiger partial charge < -0.3 is 15.0 Å². The van der Waals surface area contributed by atoms with Crippen molar-refractivity contribution in [2.75, 3.05) is 50.5 Å². The van der Waals surface area contributed by atoms with E-state index in [0.717, 1.165) is 66.3 Å². The SMILES string of the molecule is COc1ccccc1N1CCN(Cc2ccc(C(=O)NCCSCc3ccccc3Cl)cc2)CC1. The molecule has 4 rings (SSSR count). The van der Waals surface area contributed by atoms with Crippen LogP contribution >= 0.6 is 23.4 Å². The zero-order chi connectivity index (χ0) is 24.5. The fourth-order valence-electron chi connectivity index (χ4n) is 4.19. The molecule has 0 unspecified atom stereocenters. The van der Waals surface area contributed by atoms with Gasteiger partial charge in [-0.25, -0.2) is 0 Å². The lowest BCUT2D eigenvalue weighted by Crippen LogP contribution is -2.46. The minimum absolute atomic E-state index is 0.0275. The predicted octanol–water partition coefficient (Wildman–Crippen LogP) is 5.33. The summed E-state index contributed by atoms with van der Waals surface area (Å²) >= 11 is 7.96. The van der Waals surface area contributed by atoms with Crippen LogP contribution in [0.4, 0.5) is 5.69 Å². The Kier molecular flexibility index (Phi) is 9.35. The highest BCUT2D eigenvalue weighted by molar-refractivity contribution is 7.98. The summed E-state index contributed by atoms with van der Waals surface area (Å²) in [6, 6.07) is 24.0. The monoisotopic (exact) mass is 509 g/mol. The molecule has 3 aromatic carbocycles. The maximum atomic E-state index is 12.5. The number of carbonyl (C=O) groups excluding carboxylic acids is 1. The van der Waals surface area contributed by atoms with Crippen molar-refractivity contribution in [3.8, 4) is 5.75 Å². The van der Waals surface area contributed by atoms with Crippen molar-refractivity contribution >= 4 is 35.0 Å². The molecule has 0 aromatic heterocycles. The van der Waals surface area contributed by atoms with Crippen LogP contribution in [0, 0.1) is 0 Å². The summed E-state index contributed by atoms with van der Waals surface area (Å²) in [5.41, 5.74) is 4.21. The summed E-state index contributed by atoms with van der Waals surface area (Å²) in [6.45, 7) is 5.44. The molecule has 0 bridgehead atoms. The first-order valence-corrected chi connectivity index (χ1v) is 13.5. The van der Waals surface area contributed by atoms with Crippen molar-refractivity contribution in [2.24, 2.45) is 0 Å². The van der Waals surface area contributed by atoms with E-state index in [9.17, 15) is 4.79 Å². The molecule has 1 amide bonds. The van der Waals surface area contributed by atoms with E-state index < -0.39 is 0 Å². The molecule has 0 atom stereocenters. The number of anilines is 1. The van der Waals surface area contributed by atoms with Gasteiger partial charge in [-0.3, -0.25) is 9.69 Å². The molecule has 1 aliphatic heterocycles. The van der Waals surface area contributed by atoms with Crippen molar-refractivity contribution in [1.29, 1.82) is 0 Å². The first-order chi connectivity index (χ1) is 17.1. The number of hydrogen-bond acceptors (Lipinski definition) is 5. The third-order valence-corrected chi connectivity index (χ3v) is 7.54. The number of methoxy groups -OCH3 is 1. The fourth-order valence-corrected chi connectivity index (χ4v) is 5.34. The lowest BCUT2D eigenvalue weighted by Gasteiger charge is -2.36. The van der Waals surface area contributed by atoms with Gasteiger partial charge in [0.1, 0.15) is 5.75 Å². The minimum Gasteiger partial charge on any atom is -0.495 e. The molecule has 1 heterocycles. The Balaban J connectivity index is 1.18. The van der Waals surface area contributed by atoms with Crippen LogP contribution in [-0.4, -0.2) is 56.4 Å². The molecule has 0 saturated carbocycles. The Hall–Kier alpha value is -2.67. The quantitative estimate of drug-likeness (QED) is 0.374. The highest BCUT2D eigenvalue weighted by Gasteiger charge is 2.19. The Labute approximate surface area is 217 Å². The molecule has 0 radical (unpaired) electrons. The molecule has 184 valence electrons. The molecular formula is C28H32ClN3O2S. The van der Waals surface area contributed by atoms with Crippen LogP contribution in [0.15, 0.2) is 72.8 Å². The van der Waals surface area contributed by atoms with Crippen LogP contribution in [0.3, 0.4) is 0 Å². The van der Waals surface area contributed by atoms with Gasteiger partial charge in [-0.2, -0.15) is 11.8 Å². The predicted molar refractivity (Wildman–Crippen MR) is 147 cm³/mol. The number of piperazine rings is 1. The lowest BCUT2D eigenvalue weighted by molar-refractivity contribution is 0.0956. The summed E-state index contributed by atoms with van der Waals surface area (Å²) in [7, 11) is 1.72. The van der Waals surface area contributed by atoms with Crippen LogP contribution < -0.4 is 15.0 Å². The number of halogens is 1. The minimum atomic E-state index is -0.0275. The smallest absolute Gasteiger partial charge is 0.251 e. The summed E-state index contributed by atoms with van der Waals surface area (Å²) in [5.74, 6) is 2.59. The Morgan fingerprint density at radius 1 is 0.971 bits per heavy atom. The number of nitrogens with one attached hydrogen (secondary N) is 1. The van der Waals surface area contributed by atoms with Crippen LogP contribution in [0.5, 0.6) is 5.75 Å². The second-order valence-corrected chi connectivity index (χ2v) is 10.0. The molecule has 0 aliphatic carbocycles. The van der Waals surface area contributed by atoms with Gasteiger partial charge in [0.2, 0.25) is 0 Å². The van der Waals surface area contributed by atoms with Gasteiger partial charge >= 0.3 is 0 Å². The normalized spacial score (nSPS) is 14.1. The second-order valence-electron chi connectivity index (χ2n) is 8.53. The van der Waals surface area contributed by atoms with E-state index in [0.29, 0.717) is 12.1 Å². The molecule has 0 spiro atoms. The van der Waals surface area contributed by atoms with E-state index in [1.165, 1.54) is 5.56 Å². The van der Waals surface area contributed by atoms with Crippen molar-refractivity contribution < 1.29 is 9.53 Å². The number of ether oxygens (including phenoxy) is 1. The molecule has 1 N–H and O–H groups in total. The van der Waals surface area contributed by atoms with Gasteiger partial charge in [0.05, 0.1) is 12.8 Å². The average molecular weight is 510 g/mol. The molecule has 5 nitrogen and oxygen atoms in total. The van der Waals surface area contributed by atoms with E-state index >= 15 is 0 Å². The maximum Gasteiger partial charge on any atom is 0.251 e. The fraction of sp³-hybridized carbons (Fsp3) is 0.321. The van der Waals surface area contributed by atoms with Crippen LogP contribution in [0.1, 0.15) is 21.5 Å². The molecule has 7 heteroatoms. The standard InChI is InChI=1S/C28H32ClN3O2S/c1-34-27-9-5-4-8-26(27)32-17-15-31(16-18-32)20-22-10-12-23(13-11-22)28(33)30-14-19-35-21-24-6-2-3-7-25(24)29/h2-13H,14-21H2,1H3,(H,30,33). The van der Waals surface area contributed by atoms with E-state index in [1.807, 2.05) is 48.5 Å². The number of rotatable bonds is 10. The van der Waals surface area contributed by atoms with E-state index in [-0.39, 0.29) is 5.91 Å². The largest absolute Gasteiger partial charge is 0.495 e. The van der Waals surface area contributed by atoms with Crippen molar-refractivity contribution in [3.05, 3.63) is 94.5 Å². The number of para-hydroxylation sites is 2. The number of carbonyl (C=O) groups is 1. The topological polar surface area (TPSA) is 44.8 Å². The number of hydrogen-bond donors (Lipinski definition) is 1. The summed E-state index contributed by atoms with van der Waals surface area (Å²) in [6.07, 6.45) is 0. The summed E-state index contributed by atoms with van der Waals surface area (Å²) in [4.78, 5) is 17.3. The van der Waals surface area contributed by atoms with Gasteiger partial charge in [-0.15, -0.1) is 0 Å². The molecular weight excluding hydrogens is 478 g/mol. The molecule has 1 saturated heterocycles. The van der Waals surface area contributed by atoms with Crippen LogP contribution in [-0.2, 0) is 12.3 Å². The molecule has 35 heavy (non-hydrogen) atoms. The van der Waals surface area contributed by atoms with Gasteiger partial charge in [-0.05, 0) is 41.5 Å². The molecule has 3 aromatic rings. The van der Waals surface area contributed by atoms with Gasteiger partial charge in [0.15, 0.2) is 0 Å².